The van der Waals surface area contributed by atoms with Gasteiger partial charge in [-0.3, -0.25) is 9.59 Å². The second kappa shape index (κ2) is 8.31. The third kappa shape index (κ3) is 4.40. The zero-order valence-electron chi connectivity index (χ0n) is 14.2. The normalized spacial score (nSPS) is 15.1. The molecule has 1 fully saturated rings. The molecular weight excluding hydrogens is 361 g/mol. The van der Waals surface area contributed by atoms with Crippen molar-refractivity contribution in [3.05, 3.63) is 30.1 Å². The summed E-state index contributed by atoms with van der Waals surface area (Å²) in [6.45, 7) is 1.06. The van der Waals surface area contributed by atoms with E-state index < -0.39 is 0 Å². The first kappa shape index (κ1) is 18.4. The van der Waals surface area contributed by atoms with Gasteiger partial charge >= 0.3 is 5.97 Å². The van der Waals surface area contributed by atoms with E-state index in [0.717, 1.165) is 11.8 Å². The first-order valence-corrected chi connectivity index (χ1v) is 9.13. The summed E-state index contributed by atoms with van der Waals surface area (Å²) < 4.78 is 23.2. The van der Waals surface area contributed by atoms with Crippen molar-refractivity contribution in [1.82, 2.24) is 15.1 Å². The molecule has 0 radical (unpaired) electrons. The van der Waals surface area contributed by atoms with Crippen LogP contribution in [0.5, 0.6) is 0 Å². The molecule has 9 heteroatoms. The van der Waals surface area contributed by atoms with Crippen molar-refractivity contribution >= 4 is 23.6 Å². The van der Waals surface area contributed by atoms with E-state index in [1.807, 2.05) is 0 Å². The summed E-state index contributed by atoms with van der Waals surface area (Å²) in [5.41, 5.74) is 0.613. The van der Waals surface area contributed by atoms with Gasteiger partial charge in [0.05, 0.1) is 18.8 Å². The van der Waals surface area contributed by atoms with Crippen molar-refractivity contribution in [3.63, 3.8) is 0 Å². The van der Waals surface area contributed by atoms with Crippen LogP contribution in [-0.4, -0.2) is 52.9 Å². The third-order valence-corrected chi connectivity index (χ3v) is 5.00. The molecule has 3 rings (SSSR count). The highest BCUT2D eigenvalue weighted by molar-refractivity contribution is 7.99. The van der Waals surface area contributed by atoms with Gasteiger partial charge in [0.2, 0.25) is 11.8 Å². The van der Waals surface area contributed by atoms with Crippen molar-refractivity contribution in [2.24, 2.45) is 5.92 Å². The molecule has 1 aromatic heterocycles. The number of piperidine rings is 1. The van der Waals surface area contributed by atoms with Gasteiger partial charge in [-0.05, 0) is 37.1 Å². The molecule has 1 saturated heterocycles. The standard InChI is InChI=1S/C17H18FN3O4S/c1-24-16(23)12-6-8-21(9-7-12)14(22)10-26-17-20-19-15(25-17)11-2-4-13(18)5-3-11/h2-5,12H,6-10H2,1H3. The van der Waals surface area contributed by atoms with Crippen LogP contribution in [0.15, 0.2) is 33.9 Å². The van der Waals surface area contributed by atoms with Crippen LogP contribution in [-0.2, 0) is 14.3 Å². The molecule has 2 heterocycles. The number of ether oxygens (including phenoxy) is 1. The van der Waals surface area contributed by atoms with Crippen LogP contribution in [0.25, 0.3) is 11.5 Å². The summed E-state index contributed by atoms with van der Waals surface area (Å²) in [6.07, 6.45) is 1.22. The van der Waals surface area contributed by atoms with Crippen molar-refractivity contribution in [2.75, 3.05) is 26.0 Å². The second-order valence-electron chi connectivity index (χ2n) is 5.85. The number of aromatic nitrogens is 2. The molecule has 1 aromatic carbocycles. The maximum Gasteiger partial charge on any atom is 0.308 e. The molecule has 0 unspecified atom stereocenters. The number of thioether (sulfide) groups is 1. The van der Waals surface area contributed by atoms with Crippen molar-refractivity contribution in [3.8, 4) is 11.5 Å². The van der Waals surface area contributed by atoms with Crippen molar-refractivity contribution in [2.45, 2.75) is 18.1 Å². The lowest BCUT2D eigenvalue weighted by Crippen LogP contribution is -2.41. The predicted octanol–water partition coefficient (Wildman–Crippen LogP) is 2.38. The maximum absolute atomic E-state index is 12.9. The smallest absolute Gasteiger partial charge is 0.308 e. The Morgan fingerprint density at radius 3 is 2.62 bits per heavy atom. The Bertz CT molecular complexity index is 773. The highest BCUT2D eigenvalue weighted by atomic mass is 32.2. The van der Waals surface area contributed by atoms with E-state index in [0.29, 0.717) is 31.5 Å². The number of hydrogen-bond donors (Lipinski definition) is 0. The van der Waals surface area contributed by atoms with Gasteiger partial charge in [-0.15, -0.1) is 10.2 Å². The van der Waals surface area contributed by atoms with Crippen LogP contribution in [0.2, 0.25) is 0 Å². The number of carbonyl (C=O) groups excluding carboxylic acids is 2. The lowest BCUT2D eigenvalue weighted by molar-refractivity contribution is -0.148. The fourth-order valence-corrected chi connectivity index (χ4v) is 3.39. The van der Waals surface area contributed by atoms with Crippen molar-refractivity contribution < 1.29 is 23.1 Å². The monoisotopic (exact) mass is 379 g/mol. The average Bonchev–Trinajstić information content (AvgIpc) is 3.15. The molecule has 1 aliphatic rings. The Balaban J connectivity index is 1.49. The fraction of sp³-hybridized carbons (Fsp3) is 0.412. The largest absolute Gasteiger partial charge is 0.469 e. The predicted molar refractivity (Wildman–Crippen MR) is 91.7 cm³/mol. The maximum atomic E-state index is 12.9. The summed E-state index contributed by atoms with van der Waals surface area (Å²) in [4.78, 5) is 25.5. The topological polar surface area (TPSA) is 85.5 Å². The van der Waals surface area contributed by atoms with Crippen LogP contribution in [0.1, 0.15) is 12.8 Å². The van der Waals surface area contributed by atoms with E-state index >= 15 is 0 Å². The number of hydrogen-bond acceptors (Lipinski definition) is 7. The van der Waals surface area contributed by atoms with Crippen LogP contribution in [0.4, 0.5) is 4.39 Å². The number of nitrogens with zero attached hydrogens (tertiary/aromatic N) is 3. The summed E-state index contributed by atoms with van der Waals surface area (Å²) in [6, 6.07) is 5.73. The number of halogens is 1. The molecular formula is C17H18FN3O4S. The van der Waals surface area contributed by atoms with Gasteiger partial charge in [0.1, 0.15) is 5.82 Å². The van der Waals surface area contributed by atoms with E-state index in [-0.39, 0.29) is 40.5 Å². The van der Waals surface area contributed by atoms with Crippen LogP contribution < -0.4 is 0 Å². The highest BCUT2D eigenvalue weighted by Crippen LogP contribution is 2.24. The number of benzene rings is 1. The number of esters is 1. The summed E-state index contributed by atoms with van der Waals surface area (Å²) in [5.74, 6) is -0.284. The second-order valence-corrected chi connectivity index (χ2v) is 6.77. The molecule has 0 atom stereocenters. The molecule has 0 N–H and O–H groups in total. The van der Waals surface area contributed by atoms with E-state index in [1.54, 1.807) is 17.0 Å². The lowest BCUT2D eigenvalue weighted by atomic mass is 9.97. The van der Waals surface area contributed by atoms with Crippen LogP contribution >= 0.6 is 11.8 Å². The van der Waals surface area contributed by atoms with Gasteiger partial charge < -0.3 is 14.1 Å². The number of amides is 1. The molecule has 7 nitrogen and oxygen atoms in total. The number of rotatable bonds is 5. The fourth-order valence-electron chi connectivity index (χ4n) is 2.72. The molecule has 138 valence electrons. The Hall–Kier alpha value is -2.42. The summed E-state index contributed by atoms with van der Waals surface area (Å²) in [5, 5.41) is 8.09. The highest BCUT2D eigenvalue weighted by Gasteiger charge is 2.28. The minimum Gasteiger partial charge on any atom is -0.469 e. The van der Waals surface area contributed by atoms with Crippen LogP contribution in [0.3, 0.4) is 0 Å². The summed E-state index contributed by atoms with van der Waals surface area (Å²) in [7, 11) is 1.38. The van der Waals surface area contributed by atoms with Gasteiger partial charge in [0.15, 0.2) is 0 Å². The lowest BCUT2D eigenvalue weighted by Gasteiger charge is -2.30. The molecule has 0 aliphatic carbocycles. The molecule has 0 spiro atoms. The Morgan fingerprint density at radius 2 is 1.96 bits per heavy atom. The average molecular weight is 379 g/mol. The van der Waals surface area contributed by atoms with Gasteiger partial charge in [0, 0.05) is 18.7 Å². The van der Waals surface area contributed by atoms with E-state index in [4.69, 9.17) is 9.15 Å². The van der Waals surface area contributed by atoms with E-state index in [9.17, 15) is 14.0 Å². The number of methoxy groups -OCH3 is 1. The Morgan fingerprint density at radius 1 is 1.27 bits per heavy atom. The SMILES string of the molecule is COC(=O)C1CCN(C(=O)CSc2nnc(-c3ccc(F)cc3)o2)CC1. The van der Waals surface area contributed by atoms with Gasteiger partial charge in [-0.25, -0.2) is 4.39 Å². The quantitative estimate of drug-likeness (QED) is 0.582. The molecule has 2 aromatic rings. The third-order valence-electron chi connectivity index (χ3n) is 4.20. The Kier molecular flexibility index (Phi) is 5.87. The molecule has 1 amide bonds. The first-order valence-electron chi connectivity index (χ1n) is 8.14. The van der Waals surface area contributed by atoms with E-state index in [2.05, 4.69) is 10.2 Å². The van der Waals surface area contributed by atoms with Gasteiger partial charge in [-0.1, -0.05) is 11.8 Å². The minimum atomic E-state index is -0.343. The van der Waals surface area contributed by atoms with Crippen LogP contribution in [0, 0.1) is 11.7 Å². The van der Waals surface area contributed by atoms with Crippen molar-refractivity contribution in [1.29, 1.82) is 0 Å². The zero-order chi connectivity index (χ0) is 18.5. The van der Waals surface area contributed by atoms with E-state index in [1.165, 1.54) is 19.2 Å². The molecule has 0 saturated carbocycles. The van der Waals surface area contributed by atoms with Gasteiger partial charge in [0.25, 0.3) is 5.22 Å². The number of likely N-dealkylation sites (tertiary alicyclic amines) is 1. The Labute approximate surface area is 153 Å². The number of carbonyl (C=O) groups is 2. The first-order chi connectivity index (χ1) is 12.6. The molecule has 26 heavy (non-hydrogen) atoms. The van der Waals surface area contributed by atoms with Gasteiger partial charge in [-0.2, -0.15) is 0 Å². The molecule has 1 aliphatic heterocycles. The zero-order valence-corrected chi connectivity index (χ0v) is 15.0. The summed E-state index contributed by atoms with van der Waals surface area (Å²) >= 11 is 1.16. The molecule has 0 bridgehead atoms. The minimum absolute atomic E-state index is 0.0418.